The molecule has 0 spiro atoms. The Morgan fingerprint density at radius 1 is 1.39 bits per heavy atom. The standard InChI is InChI=1S/C15H18N4O3S/c1-23(21,22)15(6-3-7-15)9-16-14(20)12-5-2-4-11(8-12)13-17-10-18-19-13/h2,4-5,8,10H,3,6-7,9H2,1H3,(H,16,20)(H,17,18,19). The van der Waals surface area contributed by atoms with Crippen molar-refractivity contribution in [2.24, 2.45) is 0 Å². The van der Waals surface area contributed by atoms with E-state index in [-0.39, 0.29) is 12.5 Å². The van der Waals surface area contributed by atoms with E-state index in [1.165, 1.54) is 12.6 Å². The minimum absolute atomic E-state index is 0.150. The molecule has 0 radical (unpaired) electrons. The van der Waals surface area contributed by atoms with Gasteiger partial charge in [0.2, 0.25) is 0 Å². The molecule has 1 heterocycles. The van der Waals surface area contributed by atoms with Crippen LogP contribution in [0.3, 0.4) is 0 Å². The summed E-state index contributed by atoms with van der Waals surface area (Å²) in [5, 5.41) is 9.28. The van der Waals surface area contributed by atoms with Crippen LogP contribution in [0.5, 0.6) is 0 Å². The van der Waals surface area contributed by atoms with Crippen LogP contribution in [0.25, 0.3) is 11.4 Å². The van der Waals surface area contributed by atoms with E-state index in [1.54, 1.807) is 18.2 Å². The molecule has 0 unspecified atom stereocenters. The fourth-order valence-electron chi connectivity index (χ4n) is 2.75. The molecule has 1 saturated carbocycles. The topological polar surface area (TPSA) is 105 Å². The lowest BCUT2D eigenvalue weighted by atomic mass is 9.84. The summed E-state index contributed by atoms with van der Waals surface area (Å²) in [5.74, 6) is 0.285. The van der Waals surface area contributed by atoms with Gasteiger partial charge in [-0.25, -0.2) is 13.4 Å². The molecule has 3 rings (SSSR count). The zero-order valence-electron chi connectivity index (χ0n) is 12.7. The van der Waals surface area contributed by atoms with Gasteiger partial charge in [0.05, 0.1) is 4.75 Å². The molecule has 1 aromatic carbocycles. The molecule has 2 N–H and O–H groups in total. The van der Waals surface area contributed by atoms with E-state index in [2.05, 4.69) is 20.5 Å². The van der Waals surface area contributed by atoms with Gasteiger partial charge in [-0.05, 0) is 25.0 Å². The Balaban J connectivity index is 1.73. The van der Waals surface area contributed by atoms with E-state index in [0.29, 0.717) is 24.2 Å². The predicted octanol–water partition coefficient (Wildman–Crippen LogP) is 1.17. The van der Waals surface area contributed by atoms with Gasteiger partial charge in [0, 0.05) is 23.9 Å². The van der Waals surface area contributed by atoms with Gasteiger partial charge in [-0.2, -0.15) is 5.10 Å². The zero-order chi connectivity index (χ0) is 16.5. The highest BCUT2D eigenvalue weighted by Gasteiger charge is 2.46. The molecule has 1 amide bonds. The van der Waals surface area contributed by atoms with E-state index in [4.69, 9.17) is 0 Å². The molecule has 1 fully saturated rings. The number of aromatic nitrogens is 3. The van der Waals surface area contributed by atoms with Crippen LogP contribution in [0.2, 0.25) is 0 Å². The zero-order valence-corrected chi connectivity index (χ0v) is 13.6. The average Bonchev–Trinajstić information content (AvgIpc) is 2.98. The second-order valence-electron chi connectivity index (χ2n) is 5.91. The van der Waals surface area contributed by atoms with Crippen LogP contribution in [-0.4, -0.2) is 47.1 Å². The van der Waals surface area contributed by atoms with Crippen LogP contribution in [0, 0.1) is 0 Å². The minimum atomic E-state index is -3.19. The van der Waals surface area contributed by atoms with Gasteiger partial charge in [-0.15, -0.1) is 0 Å². The number of benzene rings is 1. The van der Waals surface area contributed by atoms with Gasteiger partial charge in [0.1, 0.15) is 6.33 Å². The van der Waals surface area contributed by atoms with Crippen LogP contribution < -0.4 is 5.32 Å². The molecule has 0 bridgehead atoms. The number of hydrogen-bond acceptors (Lipinski definition) is 5. The normalized spacial score (nSPS) is 16.6. The van der Waals surface area contributed by atoms with Gasteiger partial charge in [0.25, 0.3) is 5.91 Å². The van der Waals surface area contributed by atoms with Crippen LogP contribution in [0.1, 0.15) is 29.6 Å². The summed E-state index contributed by atoms with van der Waals surface area (Å²) in [6, 6.07) is 6.95. The Kier molecular flexibility index (Phi) is 3.93. The molecule has 1 aliphatic rings. The van der Waals surface area contributed by atoms with Crippen LogP contribution in [-0.2, 0) is 9.84 Å². The first kappa shape index (κ1) is 15.7. The molecule has 1 aliphatic carbocycles. The average molecular weight is 334 g/mol. The number of hydrogen-bond donors (Lipinski definition) is 2. The molecular weight excluding hydrogens is 316 g/mol. The van der Waals surface area contributed by atoms with E-state index >= 15 is 0 Å². The smallest absolute Gasteiger partial charge is 0.251 e. The maximum Gasteiger partial charge on any atom is 0.251 e. The van der Waals surface area contributed by atoms with Crippen molar-refractivity contribution in [3.05, 3.63) is 36.2 Å². The van der Waals surface area contributed by atoms with E-state index in [0.717, 1.165) is 12.0 Å². The summed E-state index contributed by atoms with van der Waals surface area (Å²) in [5.41, 5.74) is 1.21. The molecule has 0 aliphatic heterocycles. The van der Waals surface area contributed by atoms with Crippen LogP contribution >= 0.6 is 0 Å². The molecule has 2 aromatic rings. The fraction of sp³-hybridized carbons (Fsp3) is 0.400. The third kappa shape index (κ3) is 2.98. The van der Waals surface area contributed by atoms with Gasteiger partial charge < -0.3 is 5.32 Å². The number of nitrogens with one attached hydrogen (secondary N) is 2. The van der Waals surface area contributed by atoms with Crippen molar-refractivity contribution < 1.29 is 13.2 Å². The van der Waals surface area contributed by atoms with Gasteiger partial charge in [-0.1, -0.05) is 18.6 Å². The molecular formula is C15H18N4O3S. The molecule has 122 valence electrons. The molecule has 8 heteroatoms. The number of H-pyrrole nitrogens is 1. The minimum Gasteiger partial charge on any atom is -0.350 e. The number of carbonyl (C=O) groups excluding carboxylic acids is 1. The number of rotatable bonds is 5. The highest BCUT2D eigenvalue weighted by atomic mass is 32.2. The predicted molar refractivity (Wildman–Crippen MR) is 85.6 cm³/mol. The largest absolute Gasteiger partial charge is 0.350 e. The maximum atomic E-state index is 12.3. The van der Waals surface area contributed by atoms with Gasteiger partial charge >= 0.3 is 0 Å². The summed E-state index contributed by atoms with van der Waals surface area (Å²) >= 11 is 0. The van der Waals surface area contributed by atoms with Crippen molar-refractivity contribution in [3.8, 4) is 11.4 Å². The van der Waals surface area contributed by atoms with E-state index < -0.39 is 14.6 Å². The molecule has 7 nitrogen and oxygen atoms in total. The Bertz CT molecular complexity index is 811. The number of amides is 1. The summed E-state index contributed by atoms with van der Waals surface area (Å²) in [7, 11) is -3.19. The number of aromatic amines is 1. The number of carbonyl (C=O) groups is 1. The Morgan fingerprint density at radius 2 is 2.17 bits per heavy atom. The van der Waals surface area contributed by atoms with Crippen molar-refractivity contribution in [2.45, 2.75) is 24.0 Å². The maximum absolute atomic E-state index is 12.3. The third-order valence-corrected chi connectivity index (χ3v) is 6.56. The first-order valence-corrected chi connectivity index (χ1v) is 9.24. The summed E-state index contributed by atoms with van der Waals surface area (Å²) in [4.78, 5) is 16.4. The van der Waals surface area contributed by atoms with Gasteiger partial charge in [0.15, 0.2) is 15.7 Å². The monoisotopic (exact) mass is 334 g/mol. The van der Waals surface area contributed by atoms with Crippen molar-refractivity contribution in [1.29, 1.82) is 0 Å². The highest BCUT2D eigenvalue weighted by molar-refractivity contribution is 7.92. The number of sulfone groups is 1. The van der Waals surface area contributed by atoms with Gasteiger partial charge in [-0.3, -0.25) is 9.89 Å². The lowest BCUT2D eigenvalue weighted by Gasteiger charge is -2.39. The Morgan fingerprint density at radius 3 is 2.74 bits per heavy atom. The van der Waals surface area contributed by atoms with Crippen molar-refractivity contribution in [2.75, 3.05) is 12.8 Å². The highest BCUT2D eigenvalue weighted by Crippen LogP contribution is 2.38. The SMILES string of the molecule is CS(=O)(=O)C1(CNC(=O)c2cccc(-c3ncn[nH]3)c2)CCC1. The third-order valence-electron chi connectivity index (χ3n) is 4.44. The molecule has 23 heavy (non-hydrogen) atoms. The van der Waals surface area contributed by atoms with Crippen LogP contribution in [0.15, 0.2) is 30.6 Å². The summed E-state index contributed by atoms with van der Waals surface area (Å²) in [6.07, 6.45) is 4.72. The first-order chi connectivity index (χ1) is 10.9. The Labute approximate surface area is 134 Å². The lowest BCUT2D eigenvalue weighted by Crippen LogP contribution is -2.53. The fourth-order valence-corrected chi connectivity index (χ4v) is 4.11. The second-order valence-corrected chi connectivity index (χ2v) is 8.32. The molecule has 0 saturated heterocycles. The quantitative estimate of drug-likeness (QED) is 0.854. The van der Waals surface area contributed by atoms with Crippen molar-refractivity contribution in [1.82, 2.24) is 20.5 Å². The first-order valence-electron chi connectivity index (χ1n) is 7.35. The lowest BCUT2D eigenvalue weighted by molar-refractivity contribution is 0.0943. The van der Waals surface area contributed by atoms with Crippen LogP contribution in [0.4, 0.5) is 0 Å². The number of nitrogens with zero attached hydrogens (tertiary/aromatic N) is 2. The summed E-state index contributed by atoms with van der Waals surface area (Å²) in [6.45, 7) is 0.150. The Hall–Kier alpha value is -2.22. The van der Waals surface area contributed by atoms with Crippen molar-refractivity contribution >= 4 is 15.7 Å². The molecule has 1 aromatic heterocycles. The van der Waals surface area contributed by atoms with E-state index in [1.807, 2.05) is 6.07 Å². The van der Waals surface area contributed by atoms with Crippen molar-refractivity contribution in [3.63, 3.8) is 0 Å². The molecule has 0 atom stereocenters. The second kappa shape index (κ2) is 5.77. The summed E-state index contributed by atoms with van der Waals surface area (Å²) < 4.78 is 23.0. The van der Waals surface area contributed by atoms with E-state index in [9.17, 15) is 13.2 Å².